The van der Waals surface area contributed by atoms with Crippen LogP contribution in [0.5, 0.6) is 0 Å². The molecular weight excluding hydrogens is 254 g/mol. The van der Waals surface area contributed by atoms with Gasteiger partial charge >= 0.3 is 0 Å². The Morgan fingerprint density at radius 3 is 2.33 bits per heavy atom. The van der Waals surface area contributed by atoms with Crippen molar-refractivity contribution < 1.29 is 4.79 Å². The molecule has 2 nitrogen and oxygen atoms in total. The van der Waals surface area contributed by atoms with Gasteiger partial charge in [0.05, 0.1) is 4.83 Å². The maximum Gasteiger partial charge on any atom is 0.236 e. The molecule has 0 aromatic heterocycles. The SMILES string of the molecule is CC(Br)C(=O)N1CC2C3C=CC(C3)C2C1. The first kappa shape index (κ1) is 9.88. The molecule has 2 fully saturated rings. The Hall–Kier alpha value is -0.310. The fourth-order valence-electron chi connectivity index (χ4n) is 3.58. The summed E-state index contributed by atoms with van der Waals surface area (Å²) < 4.78 is 0. The fraction of sp³-hybridized carbons (Fsp3) is 0.750. The molecule has 2 bridgehead atoms. The molecule has 15 heavy (non-hydrogen) atoms. The Morgan fingerprint density at radius 2 is 1.87 bits per heavy atom. The number of carbonyl (C=O) groups is 1. The molecule has 1 saturated heterocycles. The number of nitrogens with zero attached hydrogens (tertiary/aromatic N) is 1. The van der Waals surface area contributed by atoms with Crippen LogP contribution < -0.4 is 0 Å². The smallest absolute Gasteiger partial charge is 0.236 e. The Balaban J connectivity index is 1.73. The summed E-state index contributed by atoms with van der Waals surface area (Å²) in [6, 6.07) is 0. The zero-order valence-electron chi connectivity index (χ0n) is 8.90. The number of allylic oxidation sites excluding steroid dienone is 2. The van der Waals surface area contributed by atoms with Gasteiger partial charge in [-0.25, -0.2) is 0 Å². The van der Waals surface area contributed by atoms with E-state index in [2.05, 4.69) is 33.0 Å². The van der Waals surface area contributed by atoms with Crippen molar-refractivity contribution >= 4 is 21.8 Å². The lowest BCUT2D eigenvalue weighted by molar-refractivity contribution is -0.129. The van der Waals surface area contributed by atoms with Gasteiger partial charge in [-0.2, -0.15) is 0 Å². The molecule has 0 N–H and O–H groups in total. The highest BCUT2D eigenvalue weighted by Crippen LogP contribution is 2.51. The number of fused-ring (bicyclic) bond motifs is 5. The van der Waals surface area contributed by atoms with E-state index in [4.69, 9.17) is 0 Å². The van der Waals surface area contributed by atoms with Crippen LogP contribution in [0.1, 0.15) is 13.3 Å². The molecule has 1 amide bonds. The molecular formula is C12H16BrNO. The third-order valence-electron chi connectivity index (χ3n) is 4.31. The second kappa shape index (κ2) is 3.34. The summed E-state index contributed by atoms with van der Waals surface area (Å²) in [5.74, 6) is 3.32. The van der Waals surface area contributed by atoms with E-state index in [1.807, 2.05) is 6.92 Å². The highest BCUT2D eigenvalue weighted by Gasteiger charge is 2.50. The molecule has 2 aliphatic carbocycles. The van der Waals surface area contributed by atoms with Crippen LogP contribution in [-0.4, -0.2) is 28.7 Å². The lowest BCUT2D eigenvalue weighted by atomic mass is 9.86. The van der Waals surface area contributed by atoms with Crippen LogP contribution in [0.3, 0.4) is 0 Å². The van der Waals surface area contributed by atoms with Gasteiger partial charge in [-0.15, -0.1) is 0 Å². The number of hydrogen-bond donors (Lipinski definition) is 0. The predicted octanol–water partition coefficient (Wildman–Crippen LogP) is 2.05. The van der Waals surface area contributed by atoms with Crippen molar-refractivity contribution in [3.8, 4) is 0 Å². The van der Waals surface area contributed by atoms with Crippen LogP contribution in [0.15, 0.2) is 12.2 Å². The molecule has 0 radical (unpaired) electrons. The largest absolute Gasteiger partial charge is 0.341 e. The second-order valence-corrected chi connectivity index (χ2v) is 6.51. The molecule has 0 aromatic carbocycles. The first-order valence-corrected chi connectivity index (χ1v) is 6.69. The minimum absolute atomic E-state index is 0.0260. The number of halogens is 1. The maximum absolute atomic E-state index is 11.9. The Kier molecular flexibility index (Phi) is 2.20. The lowest BCUT2D eigenvalue weighted by Gasteiger charge is -2.19. The molecule has 0 aromatic rings. The van der Waals surface area contributed by atoms with E-state index in [-0.39, 0.29) is 10.7 Å². The molecule has 5 unspecified atom stereocenters. The van der Waals surface area contributed by atoms with Gasteiger partial charge < -0.3 is 4.90 Å². The van der Waals surface area contributed by atoms with Crippen LogP contribution in [-0.2, 0) is 4.79 Å². The number of rotatable bonds is 1. The average Bonchev–Trinajstić information content (AvgIpc) is 2.87. The zero-order chi connectivity index (χ0) is 10.6. The van der Waals surface area contributed by atoms with Crippen molar-refractivity contribution in [3.05, 3.63) is 12.2 Å². The van der Waals surface area contributed by atoms with Crippen molar-refractivity contribution in [2.45, 2.75) is 18.2 Å². The van der Waals surface area contributed by atoms with E-state index in [0.717, 1.165) is 36.8 Å². The summed E-state index contributed by atoms with van der Waals surface area (Å²) in [7, 11) is 0. The van der Waals surface area contributed by atoms with Crippen molar-refractivity contribution in [1.82, 2.24) is 4.90 Å². The molecule has 5 atom stereocenters. The van der Waals surface area contributed by atoms with E-state index in [1.54, 1.807) is 0 Å². The van der Waals surface area contributed by atoms with Gasteiger partial charge in [0.25, 0.3) is 0 Å². The first-order chi connectivity index (χ1) is 7.16. The Bertz CT molecular complexity index is 306. The Morgan fingerprint density at radius 1 is 1.33 bits per heavy atom. The van der Waals surface area contributed by atoms with Crippen molar-refractivity contribution in [2.75, 3.05) is 13.1 Å². The summed E-state index contributed by atoms with van der Waals surface area (Å²) in [5.41, 5.74) is 0. The van der Waals surface area contributed by atoms with Gasteiger partial charge in [-0.3, -0.25) is 4.79 Å². The number of hydrogen-bond acceptors (Lipinski definition) is 1. The van der Waals surface area contributed by atoms with E-state index in [9.17, 15) is 4.79 Å². The summed E-state index contributed by atoms with van der Waals surface area (Å²) >= 11 is 3.37. The normalized spacial score (nSPS) is 43.5. The highest BCUT2D eigenvalue weighted by molar-refractivity contribution is 9.10. The second-order valence-electron chi connectivity index (χ2n) is 5.14. The molecule has 82 valence electrons. The topological polar surface area (TPSA) is 20.3 Å². The van der Waals surface area contributed by atoms with Crippen molar-refractivity contribution in [3.63, 3.8) is 0 Å². The third kappa shape index (κ3) is 1.39. The summed E-state index contributed by atoms with van der Waals surface area (Å²) in [4.78, 5) is 13.9. The van der Waals surface area contributed by atoms with Crippen molar-refractivity contribution in [1.29, 1.82) is 0 Å². The molecule has 3 heteroatoms. The highest BCUT2D eigenvalue weighted by atomic mass is 79.9. The van der Waals surface area contributed by atoms with Crippen LogP contribution in [0.25, 0.3) is 0 Å². The third-order valence-corrected chi connectivity index (χ3v) is 4.71. The predicted molar refractivity (Wildman–Crippen MR) is 62.7 cm³/mol. The van der Waals surface area contributed by atoms with Crippen LogP contribution in [0.4, 0.5) is 0 Å². The Labute approximate surface area is 98.8 Å². The zero-order valence-corrected chi connectivity index (χ0v) is 10.5. The summed E-state index contributed by atoms with van der Waals surface area (Å²) in [6.07, 6.45) is 6.09. The molecule has 1 saturated carbocycles. The van der Waals surface area contributed by atoms with Crippen LogP contribution >= 0.6 is 15.9 Å². The molecule has 3 aliphatic rings. The van der Waals surface area contributed by atoms with Crippen LogP contribution in [0, 0.1) is 23.7 Å². The molecule has 3 rings (SSSR count). The minimum atomic E-state index is -0.0260. The summed E-state index contributed by atoms with van der Waals surface area (Å²) in [5, 5.41) is 0. The number of amides is 1. The van der Waals surface area contributed by atoms with Gasteiger partial charge in [0.1, 0.15) is 0 Å². The quantitative estimate of drug-likeness (QED) is 0.527. The van der Waals surface area contributed by atoms with Crippen molar-refractivity contribution in [2.24, 2.45) is 23.7 Å². The standard InChI is InChI=1S/C12H16BrNO/c1-7(13)12(15)14-5-10-8-2-3-9(4-8)11(10)6-14/h2-3,7-11H,4-6H2,1H3. The van der Waals surface area contributed by atoms with Gasteiger partial charge in [-0.1, -0.05) is 28.1 Å². The van der Waals surface area contributed by atoms with Gasteiger partial charge in [-0.05, 0) is 37.0 Å². The average molecular weight is 270 g/mol. The monoisotopic (exact) mass is 269 g/mol. The number of alkyl halides is 1. The molecule has 1 heterocycles. The lowest BCUT2D eigenvalue weighted by Crippen LogP contribution is -2.34. The number of likely N-dealkylation sites (tertiary alicyclic amines) is 1. The van der Waals surface area contributed by atoms with E-state index in [1.165, 1.54) is 6.42 Å². The van der Waals surface area contributed by atoms with E-state index in [0.29, 0.717) is 0 Å². The molecule has 0 spiro atoms. The fourth-order valence-corrected chi connectivity index (χ4v) is 3.87. The first-order valence-electron chi connectivity index (χ1n) is 5.78. The van der Waals surface area contributed by atoms with Gasteiger partial charge in [0, 0.05) is 13.1 Å². The van der Waals surface area contributed by atoms with Gasteiger partial charge in [0.2, 0.25) is 5.91 Å². The molecule has 1 aliphatic heterocycles. The van der Waals surface area contributed by atoms with Gasteiger partial charge in [0.15, 0.2) is 0 Å². The summed E-state index contributed by atoms with van der Waals surface area (Å²) in [6.45, 7) is 3.90. The van der Waals surface area contributed by atoms with Crippen LogP contribution in [0.2, 0.25) is 0 Å². The maximum atomic E-state index is 11.9. The van der Waals surface area contributed by atoms with E-state index >= 15 is 0 Å². The van der Waals surface area contributed by atoms with E-state index < -0.39 is 0 Å². The number of carbonyl (C=O) groups excluding carboxylic acids is 1. The minimum Gasteiger partial charge on any atom is -0.341 e.